The maximum Gasteiger partial charge on any atom is 0.338 e. The van der Waals surface area contributed by atoms with Crippen LogP contribution >= 0.6 is 0 Å². The number of benzene rings is 3. The van der Waals surface area contributed by atoms with Crippen molar-refractivity contribution < 1.29 is 42.7 Å². The lowest BCUT2D eigenvalue weighted by molar-refractivity contribution is -0.0402. The van der Waals surface area contributed by atoms with E-state index in [1.807, 2.05) is 64.1 Å². The first kappa shape index (κ1) is 41.2. The molecule has 0 saturated carbocycles. The number of rotatable bonds is 24. The SMILES string of the molecule is C=C(Oc1ccc(CCOC(=O)c2ccc(OC(C)(C)CC(C)(C)OC)cc2)cc1C=N)c1ccc(OCC(COCCCCOC)OC)cc1. The quantitative estimate of drug-likeness (QED) is 0.0429. The minimum absolute atomic E-state index is 0.183. The van der Waals surface area contributed by atoms with E-state index in [9.17, 15) is 4.79 Å². The molecular formula is C41H55NO9. The maximum atomic E-state index is 12.7. The predicted molar refractivity (Wildman–Crippen MR) is 199 cm³/mol. The van der Waals surface area contributed by atoms with Crippen LogP contribution in [-0.2, 0) is 30.1 Å². The lowest BCUT2D eigenvalue weighted by atomic mass is 9.92. The molecule has 10 nitrogen and oxygen atoms in total. The van der Waals surface area contributed by atoms with Crippen LogP contribution in [0.25, 0.3) is 5.76 Å². The van der Waals surface area contributed by atoms with Gasteiger partial charge in [-0.1, -0.05) is 12.6 Å². The number of hydrogen-bond donors (Lipinski definition) is 1. The molecule has 0 amide bonds. The van der Waals surface area contributed by atoms with Gasteiger partial charge in [-0.2, -0.15) is 0 Å². The Morgan fingerprint density at radius 1 is 0.824 bits per heavy atom. The molecule has 0 saturated heterocycles. The first-order valence-electron chi connectivity index (χ1n) is 17.2. The fourth-order valence-corrected chi connectivity index (χ4v) is 5.38. The van der Waals surface area contributed by atoms with E-state index in [4.69, 9.17) is 43.3 Å². The summed E-state index contributed by atoms with van der Waals surface area (Å²) >= 11 is 0. The Kier molecular flexibility index (Phi) is 16.6. The molecule has 0 aliphatic heterocycles. The number of carbonyl (C=O) groups is 1. The van der Waals surface area contributed by atoms with Crippen molar-refractivity contribution in [2.75, 3.05) is 54.4 Å². The van der Waals surface area contributed by atoms with Crippen LogP contribution in [-0.4, -0.2) is 83.9 Å². The molecule has 1 unspecified atom stereocenters. The molecule has 0 heterocycles. The summed E-state index contributed by atoms with van der Waals surface area (Å²) in [5.41, 5.74) is 1.91. The number of carbonyl (C=O) groups excluding carboxylic acids is 1. The Bertz CT molecular complexity index is 1520. The van der Waals surface area contributed by atoms with Crippen molar-refractivity contribution in [3.63, 3.8) is 0 Å². The highest BCUT2D eigenvalue weighted by Crippen LogP contribution is 2.29. The number of hydrogen-bond acceptors (Lipinski definition) is 10. The zero-order valence-electron chi connectivity index (χ0n) is 31.3. The zero-order valence-corrected chi connectivity index (χ0v) is 31.3. The maximum absolute atomic E-state index is 12.7. The summed E-state index contributed by atoms with van der Waals surface area (Å²) in [6.07, 6.45) is 4.10. The molecule has 0 radical (unpaired) electrons. The van der Waals surface area contributed by atoms with Crippen molar-refractivity contribution in [1.82, 2.24) is 0 Å². The number of nitrogens with one attached hydrogen (secondary N) is 1. The first-order chi connectivity index (χ1) is 24.4. The van der Waals surface area contributed by atoms with Crippen LogP contribution in [0, 0.1) is 5.41 Å². The molecule has 0 aliphatic carbocycles. The lowest BCUT2D eigenvalue weighted by Crippen LogP contribution is -2.38. The lowest BCUT2D eigenvalue weighted by Gasteiger charge is -2.34. The molecule has 10 heteroatoms. The highest BCUT2D eigenvalue weighted by molar-refractivity contribution is 5.89. The zero-order chi connectivity index (χ0) is 37.3. The van der Waals surface area contributed by atoms with Gasteiger partial charge in [0, 0.05) is 64.7 Å². The number of esters is 1. The summed E-state index contributed by atoms with van der Waals surface area (Å²) in [5, 5.41) is 7.94. The van der Waals surface area contributed by atoms with Crippen LogP contribution in [0.3, 0.4) is 0 Å². The molecule has 0 aromatic heterocycles. The van der Waals surface area contributed by atoms with E-state index in [1.165, 1.54) is 6.21 Å². The average Bonchev–Trinajstić information content (AvgIpc) is 3.11. The minimum Gasteiger partial charge on any atom is -0.491 e. The van der Waals surface area contributed by atoms with E-state index in [0.717, 1.165) is 30.6 Å². The fraction of sp³-hybridized carbons (Fsp3) is 0.463. The third kappa shape index (κ3) is 14.5. The second-order valence-corrected chi connectivity index (χ2v) is 13.4. The summed E-state index contributed by atoms with van der Waals surface area (Å²) in [7, 11) is 5.02. The van der Waals surface area contributed by atoms with Gasteiger partial charge >= 0.3 is 5.97 Å². The van der Waals surface area contributed by atoms with Crippen molar-refractivity contribution in [3.05, 3.63) is 95.6 Å². The molecule has 278 valence electrons. The Hall–Kier alpha value is -4.22. The van der Waals surface area contributed by atoms with Gasteiger partial charge in [-0.3, -0.25) is 0 Å². The van der Waals surface area contributed by atoms with E-state index in [1.54, 1.807) is 51.7 Å². The van der Waals surface area contributed by atoms with Gasteiger partial charge in [0.2, 0.25) is 0 Å². The van der Waals surface area contributed by atoms with Gasteiger partial charge in [-0.25, -0.2) is 4.79 Å². The van der Waals surface area contributed by atoms with E-state index >= 15 is 0 Å². The third-order valence-corrected chi connectivity index (χ3v) is 8.11. The molecule has 51 heavy (non-hydrogen) atoms. The minimum atomic E-state index is -0.457. The van der Waals surface area contributed by atoms with Crippen molar-refractivity contribution in [2.45, 2.75) is 70.7 Å². The molecule has 1 N–H and O–H groups in total. The number of methoxy groups -OCH3 is 3. The second-order valence-electron chi connectivity index (χ2n) is 13.4. The molecule has 1 atom stereocenters. The van der Waals surface area contributed by atoms with E-state index in [2.05, 4.69) is 6.58 Å². The van der Waals surface area contributed by atoms with Gasteiger partial charge < -0.3 is 43.3 Å². The van der Waals surface area contributed by atoms with Gasteiger partial charge in [0.05, 0.1) is 24.4 Å². The van der Waals surface area contributed by atoms with Gasteiger partial charge in [-0.15, -0.1) is 0 Å². The van der Waals surface area contributed by atoms with Crippen LogP contribution in [0.2, 0.25) is 0 Å². The normalized spacial score (nSPS) is 12.2. The second kappa shape index (κ2) is 20.6. The van der Waals surface area contributed by atoms with Crippen LogP contribution < -0.4 is 14.2 Å². The summed E-state index contributed by atoms with van der Waals surface area (Å²) in [6, 6.07) is 19.9. The topological polar surface area (TPSA) is 115 Å². The third-order valence-electron chi connectivity index (χ3n) is 8.11. The first-order valence-corrected chi connectivity index (χ1v) is 17.2. The van der Waals surface area contributed by atoms with E-state index in [-0.39, 0.29) is 18.3 Å². The van der Waals surface area contributed by atoms with Crippen LogP contribution in [0.15, 0.2) is 73.3 Å². The van der Waals surface area contributed by atoms with Crippen LogP contribution in [0.4, 0.5) is 0 Å². The smallest absolute Gasteiger partial charge is 0.338 e. The van der Waals surface area contributed by atoms with Crippen LogP contribution in [0.1, 0.15) is 74.0 Å². The number of unbranched alkanes of at least 4 members (excludes halogenated alkanes) is 1. The Balaban J connectivity index is 1.46. The van der Waals surface area contributed by atoms with Gasteiger partial charge in [0.15, 0.2) is 0 Å². The average molecular weight is 706 g/mol. The van der Waals surface area contributed by atoms with Gasteiger partial charge in [-0.05, 0) is 107 Å². The van der Waals surface area contributed by atoms with Crippen molar-refractivity contribution in [2.24, 2.45) is 0 Å². The molecule has 3 rings (SSSR count). The van der Waals surface area contributed by atoms with E-state index < -0.39 is 11.6 Å². The van der Waals surface area contributed by atoms with E-state index in [0.29, 0.717) is 66.8 Å². The summed E-state index contributed by atoms with van der Waals surface area (Å²) in [6.45, 7) is 14.5. The molecule has 3 aromatic rings. The fourth-order valence-electron chi connectivity index (χ4n) is 5.38. The highest BCUT2D eigenvalue weighted by Gasteiger charge is 2.30. The molecule has 3 aromatic carbocycles. The largest absolute Gasteiger partial charge is 0.491 e. The standard InChI is InChI=1S/C41H55NO9/c1-30(32-12-16-35(17-13-32)49-28-37(45-7)27-47-23-10-9-22-44-6)50-38-20-11-31(25-34(38)26-42)21-24-48-39(43)33-14-18-36(19-15-33)51-41(4,5)29-40(2,3)46-8/h11-20,25-26,37,42H,1,9-10,21-24,27-29H2,2-8H3. The summed E-state index contributed by atoms with van der Waals surface area (Å²) < 4.78 is 45.4. The van der Waals surface area contributed by atoms with Gasteiger partial charge in [0.25, 0.3) is 0 Å². The number of ether oxygens (including phenoxy) is 8. The summed E-state index contributed by atoms with van der Waals surface area (Å²) in [4.78, 5) is 12.7. The van der Waals surface area contributed by atoms with Crippen molar-refractivity contribution in [3.8, 4) is 17.2 Å². The highest BCUT2D eigenvalue weighted by atomic mass is 16.6. The van der Waals surface area contributed by atoms with Crippen molar-refractivity contribution in [1.29, 1.82) is 5.41 Å². The summed E-state index contributed by atoms with van der Waals surface area (Å²) in [5.74, 6) is 1.86. The van der Waals surface area contributed by atoms with Crippen LogP contribution in [0.5, 0.6) is 17.2 Å². The molecular weight excluding hydrogens is 650 g/mol. The van der Waals surface area contributed by atoms with Crippen molar-refractivity contribution >= 4 is 17.9 Å². The Morgan fingerprint density at radius 2 is 1.49 bits per heavy atom. The molecule has 0 fully saturated rings. The van der Waals surface area contributed by atoms with Gasteiger partial charge in [0.1, 0.15) is 41.3 Å². The molecule has 0 bridgehead atoms. The molecule has 0 spiro atoms. The molecule has 0 aliphatic rings. The Morgan fingerprint density at radius 3 is 2.14 bits per heavy atom. The predicted octanol–water partition coefficient (Wildman–Crippen LogP) is 7.94. The Labute approximate surface area is 303 Å². The monoisotopic (exact) mass is 705 g/mol.